The number of fused-ring (bicyclic) bond motifs is 1. The predicted octanol–water partition coefficient (Wildman–Crippen LogP) is 5.24. The molecule has 0 spiro atoms. The molecule has 2 aromatic rings. The van der Waals surface area contributed by atoms with E-state index in [0.29, 0.717) is 10.1 Å². The Morgan fingerprint density at radius 2 is 1.92 bits per heavy atom. The van der Waals surface area contributed by atoms with Gasteiger partial charge in [0.15, 0.2) is 5.11 Å². The first-order chi connectivity index (χ1) is 11.3. The zero-order valence-electron chi connectivity index (χ0n) is 14.0. The maximum absolute atomic E-state index is 6.10. The third-order valence-corrected chi connectivity index (χ3v) is 4.50. The number of rotatable bonds is 2. The average molecular weight is 361 g/mol. The Morgan fingerprint density at radius 1 is 1.21 bits per heavy atom. The van der Waals surface area contributed by atoms with Crippen molar-refractivity contribution in [1.82, 2.24) is 5.32 Å². The second-order valence-electron chi connectivity index (χ2n) is 6.77. The van der Waals surface area contributed by atoms with E-state index in [4.69, 9.17) is 28.6 Å². The van der Waals surface area contributed by atoms with Crippen LogP contribution in [0.4, 0.5) is 5.69 Å². The molecule has 1 aliphatic heterocycles. The normalized spacial score (nSPS) is 18.2. The van der Waals surface area contributed by atoms with Crippen molar-refractivity contribution < 1.29 is 4.74 Å². The molecule has 1 heterocycles. The molecular weight excluding hydrogens is 340 g/mol. The monoisotopic (exact) mass is 360 g/mol. The summed E-state index contributed by atoms with van der Waals surface area (Å²) < 4.78 is 6.10. The summed E-state index contributed by atoms with van der Waals surface area (Å²) in [6.45, 7) is 6.28. The first-order valence-corrected chi connectivity index (χ1v) is 8.74. The predicted molar refractivity (Wildman–Crippen MR) is 104 cm³/mol. The van der Waals surface area contributed by atoms with Crippen LogP contribution >= 0.6 is 23.8 Å². The Bertz CT molecular complexity index is 758. The van der Waals surface area contributed by atoms with Gasteiger partial charge in [-0.05, 0) is 63.3 Å². The minimum absolute atomic E-state index is 0.107. The summed E-state index contributed by atoms with van der Waals surface area (Å²) in [6.07, 6.45) is 0.839. The van der Waals surface area contributed by atoms with E-state index in [-0.39, 0.29) is 11.6 Å². The van der Waals surface area contributed by atoms with Crippen LogP contribution in [0.1, 0.15) is 37.4 Å². The number of anilines is 1. The molecule has 2 aromatic carbocycles. The Morgan fingerprint density at radius 3 is 2.62 bits per heavy atom. The number of hydrogen-bond donors (Lipinski definition) is 2. The third kappa shape index (κ3) is 4.00. The zero-order chi connectivity index (χ0) is 17.3. The van der Waals surface area contributed by atoms with Crippen LogP contribution in [0.3, 0.4) is 0 Å². The van der Waals surface area contributed by atoms with Crippen molar-refractivity contribution in [2.45, 2.75) is 38.8 Å². The van der Waals surface area contributed by atoms with E-state index in [1.54, 1.807) is 0 Å². The molecule has 3 rings (SSSR count). The molecule has 0 unspecified atom stereocenters. The van der Waals surface area contributed by atoms with Gasteiger partial charge in [0.2, 0.25) is 0 Å². The quantitative estimate of drug-likeness (QED) is 0.718. The van der Waals surface area contributed by atoms with E-state index >= 15 is 0 Å². The maximum Gasteiger partial charge on any atom is 0.171 e. The number of nitrogens with one attached hydrogen (secondary N) is 2. The first kappa shape index (κ1) is 17.1. The molecular formula is C19H21ClN2OS. The highest BCUT2D eigenvalue weighted by atomic mass is 35.5. The molecule has 0 fully saturated rings. The van der Waals surface area contributed by atoms with Crippen molar-refractivity contribution in [3.63, 3.8) is 0 Å². The van der Waals surface area contributed by atoms with Crippen LogP contribution in [0.25, 0.3) is 0 Å². The summed E-state index contributed by atoms with van der Waals surface area (Å²) in [6, 6.07) is 13.9. The molecule has 0 bridgehead atoms. The molecule has 2 N–H and O–H groups in total. The van der Waals surface area contributed by atoms with E-state index < -0.39 is 0 Å². The van der Waals surface area contributed by atoms with Crippen molar-refractivity contribution in [3.8, 4) is 5.75 Å². The Labute approximate surface area is 153 Å². The van der Waals surface area contributed by atoms with Gasteiger partial charge in [0.05, 0.1) is 6.04 Å². The lowest BCUT2D eigenvalue weighted by Crippen LogP contribution is -2.42. The molecule has 5 heteroatoms. The third-order valence-electron chi connectivity index (χ3n) is 4.03. The van der Waals surface area contributed by atoms with Gasteiger partial charge < -0.3 is 15.4 Å². The summed E-state index contributed by atoms with van der Waals surface area (Å²) in [5.74, 6) is 0.920. The fraction of sp³-hybridized carbons (Fsp3) is 0.316. The highest BCUT2D eigenvalue weighted by Gasteiger charge is 2.34. The minimum atomic E-state index is -0.240. The molecule has 0 saturated carbocycles. The van der Waals surface area contributed by atoms with Crippen LogP contribution in [0.2, 0.25) is 5.02 Å². The highest BCUT2D eigenvalue weighted by Crippen LogP contribution is 2.39. The minimum Gasteiger partial charge on any atom is -0.487 e. The topological polar surface area (TPSA) is 33.3 Å². The van der Waals surface area contributed by atoms with Crippen molar-refractivity contribution in [2.75, 3.05) is 5.32 Å². The second kappa shape index (κ2) is 6.61. The lowest BCUT2D eigenvalue weighted by molar-refractivity contribution is 0.0696. The molecule has 0 radical (unpaired) electrons. The van der Waals surface area contributed by atoms with E-state index in [0.717, 1.165) is 23.4 Å². The molecule has 24 heavy (non-hydrogen) atoms. The maximum atomic E-state index is 6.10. The van der Waals surface area contributed by atoms with Gasteiger partial charge in [-0.15, -0.1) is 0 Å². The Balaban J connectivity index is 1.77. The largest absolute Gasteiger partial charge is 0.487 e. The second-order valence-corrected chi connectivity index (χ2v) is 7.61. The van der Waals surface area contributed by atoms with E-state index in [1.807, 2.05) is 30.3 Å². The summed E-state index contributed by atoms with van der Waals surface area (Å²) in [7, 11) is 0. The van der Waals surface area contributed by atoms with Crippen LogP contribution in [-0.4, -0.2) is 10.7 Å². The summed E-state index contributed by atoms with van der Waals surface area (Å²) in [4.78, 5) is 0. The molecule has 0 aliphatic carbocycles. The van der Waals surface area contributed by atoms with E-state index in [1.165, 1.54) is 5.56 Å². The number of ether oxygens (including phenoxy) is 1. The summed E-state index contributed by atoms with van der Waals surface area (Å²) in [5, 5.41) is 7.93. The van der Waals surface area contributed by atoms with Crippen molar-refractivity contribution in [2.24, 2.45) is 0 Å². The number of hydrogen-bond acceptors (Lipinski definition) is 2. The molecule has 0 amide bonds. The lowest BCUT2D eigenvalue weighted by atomic mass is 9.89. The Kier molecular flexibility index (Phi) is 4.70. The number of halogens is 1. The van der Waals surface area contributed by atoms with E-state index in [9.17, 15) is 0 Å². The number of benzene rings is 2. The van der Waals surface area contributed by atoms with Crippen molar-refractivity contribution >= 4 is 34.6 Å². The van der Waals surface area contributed by atoms with Crippen LogP contribution < -0.4 is 15.4 Å². The Hall–Kier alpha value is -1.78. The molecule has 3 nitrogen and oxygen atoms in total. The first-order valence-electron chi connectivity index (χ1n) is 7.95. The van der Waals surface area contributed by atoms with Crippen LogP contribution in [0, 0.1) is 6.92 Å². The van der Waals surface area contributed by atoms with Gasteiger partial charge in [0.25, 0.3) is 0 Å². The molecule has 126 valence electrons. The smallest absolute Gasteiger partial charge is 0.171 e. The van der Waals surface area contributed by atoms with Gasteiger partial charge in [0.1, 0.15) is 11.4 Å². The molecule has 1 atom stereocenters. The average Bonchev–Trinajstić information content (AvgIpc) is 2.49. The van der Waals surface area contributed by atoms with Crippen LogP contribution in [0.5, 0.6) is 5.75 Å². The fourth-order valence-electron chi connectivity index (χ4n) is 2.96. The SMILES string of the molecule is Cc1ccc2c(c1)[C@H](NC(=S)Nc1ccc(Cl)cc1)CC(C)(C)O2. The zero-order valence-corrected chi connectivity index (χ0v) is 15.6. The molecule has 0 saturated heterocycles. The van der Waals surface area contributed by atoms with Crippen molar-refractivity contribution in [1.29, 1.82) is 0 Å². The van der Waals surface area contributed by atoms with Gasteiger partial charge in [-0.25, -0.2) is 0 Å². The summed E-state index contributed by atoms with van der Waals surface area (Å²) in [5.41, 5.74) is 3.03. The van der Waals surface area contributed by atoms with Crippen LogP contribution in [0.15, 0.2) is 42.5 Å². The highest BCUT2D eigenvalue weighted by molar-refractivity contribution is 7.80. The summed E-state index contributed by atoms with van der Waals surface area (Å²) >= 11 is 11.4. The van der Waals surface area contributed by atoms with Gasteiger partial charge in [-0.2, -0.15) is 0 Å². The van der Waals surface area contributed by atoms with Gasteiger partial charge in [-0.1, -0.05) is 29.3 Å². The van der Waals surface area contributed by atoms with Gasteiger partial charge in [-0.3, -0.25) is 0 Å². The van der Waals surface area contributed by atoms with Crippen LogP contribution in [-0.2, 0) is 0 Å². The number of aryl methyl sites for hydroxylation is 1. The number of thiocarbonyl (C=S) groups is 1. The van der Waals surface area contributed by atoms with Gasteiger partial charge >= 0.3 is 0 Å². The van der Waals surface area contributed by atoms with Crippen molar-refractivity contribution in [3.05, 3.63) is 58.6 Å². The van der Waals surface area contributed by atoms with Gasteiger partial charge in [0, 0.05) is 22.7 Å². The standard InChI is InChI=1S/C19H21ClN2OS/c1-12-4-9-17-15(10-12)16(11-19(2,3)23-17)22-18(24)21-14-7-5-13(20)6-8-14/h4-10,16H,11H2,1-3H3,(H2,21,22,24)/t16-/m1/s1. The molecule has 1 aliphatic rings. The fourth-order valence-corrected chi connectivity index (χ4v) is 3.35. The lowest BCUT2D eigenvalue weighted by Gasteiger charge is -2.38. The van der Waals surface area contributed by atoms with E-state index in [2.05, 4.69) is 43.5 Å². The molecule has 0 aromatic heterocycles.